The van der Waals surface area contributed by atoms with E-state index in [2.05, 4.69) is 17.4 Å². The lowest BCUT2D eigenvalue weighted by Crippen LogP contribution is -2.54. The zero-order chi connectivity index (χ0) is 27.4. The first-order valence-electron chi connectivity index (χ1n) is 13.2. The Hall–Kier alpha value is -4.17. The van der Waals surface area contributed by atoms with Crippen molar-refractivity contribution in [1.82, 2.24) is 10.2 Å². The van der Waals surface area contributed by atoms with Crippen LogP contribution in [0.5, 0.6) is 0 Å². The van der Waals surface area contributed by atoms with Crippen molar-refractivity contribution in [1.29, 1.82) is 0 Å². The SMILES string of the molecule is CC(OCc1ccccc1)C(NC(=O)OCC1c2ccccc2-c2ccccc21)C(=O)N1CCC(C(=O)O)C1. The monoisotopic (exact) mass is 528 g/mol. The van der Waals surface area contributed by atoms with Crippen molar-refractivity contribution in [2.75, 3.05) is 19.7 Å². The van der Waals surface area contributed by atoms with E-state index in [4.69, 9.17) is 9.47 Å². The van der Waals surface area contributed by atoms with Crippen molar-refractivity contribution in [3.63, 3.8) is 0 Å². The first kappa shape index (κ1) is 26.4. The molecule has 1 fully saturated rings. The van der Waals surface area contributed by atoms with Gasteiger partial charge >= 0.3 is 12.1 Å². The number of alkyl carbamates (subject to hydrolysis) is 1. The number of benzene rings is 3. The number of carbonyl (C=O) groups is 3. The smallest absolute Gasteiger partial charge is 0.407 e. The van der Waals surface area contributed by atoms with Crippen molar-refractivity contribution < 1.29 is 29.0 Å². The summed E-state index contributed by atoms with van der Waals surface area (Å²) in [5.41, 5.74) is 5.37. The van der Waals surface area contributed by atoms with Gasteiger partial charge in [-0.05, 0) is 41.2 Å². The number of ether oxygens (including phenoxy) is 2. The van der Waals surface area contributed by atoms with Gasteiger partial charge in [-0.1, -0.05) is 78.9 Å². The summed E-state index contributed by atoms with van der Waals surface area (Å²) in [6, 6.07) is 24.6. The summed E-state index contributed by atoms with van der Waals surface area (Å²) in [5, 5.41) is 12.1. The highest BCUT2D eigenvalue weighted by Gasteiger charge is 2.38. The van der Waals surface area contributed by atoms with Crippen LogP contribution in [0.25, 0.3) is 11.1 Å². The number of likely N-dealkylation sites (tertiary alicyclic amines) is 1. The van der Waals surface area contributed by atoms with E-state index in [9.17, 15) is 19.5 Å². The highest BCUT2D eigenvalue weighted by Crippen LogP contribution is 2.44. The first-order valence-corrected chi connectivity index (χ1v) is 13.2. The minimum Gasteiger partial charge on any atom is -0.481 e. The Balaban J connectivity index is 1.27. The van der Waals surface area contributed by atoms with E-state index in [1.165, 1.54) is 4.90 Å². The molecule has 2 N–H and O–H groups in total. The molecule has 0 spiro atoms. The standard InChI is InChI=1S/C31H32N2O6/c1-20(38-18-21-9-3-2-4-10-21)28(29(34)33-16-15-22(17-33)30(35)36)32-31(37)39-19-27-25-13-7-5-11-23(25)24-12-6-8-14-26(24)27/h2-14,20,22,27-28H,15-19H2,1H3,(H,32,37)(H,35,36). The van der Waals surface area contributed by atoms with E-state index < -0.39 is 30.1 Å². The number of hydrogen-bond acceptors (Lipinski definition) is 5. The van der Waals surface area contributed by atoms with Gasteiger partial charge in [-0.2, -0.15) is 0 Å². The molecule has 1 heterocycles. The molecular weight excluding hydrogens is 496 g/mol. The van der Waals surface area contributed by atoms with Crippen LogP contribution in [0.1, 0.15) is 36.0 Å². The quantitative estimate of drug-likeness (QED) is 0.426. The number of carbonyl (C=O) groups excluding carboxylic acids is 2. The third kappa shape index (κ3) is 5.81. The van der Waals surface area contributed by atoms with Crippen LogP contribution < -0.4 is 5.32 Å². The molecule has 1 aliphatic heterocycles. The largest absolute Gasteiger partial charge is 0.481 e. The second-order valence-corrected chi connectivity index (χ2v) is 10.1. The molecule has 0 radical (unpaired) electrons. The first-order chi connectivity index (χ1) is 18.9. The van der Waals surface area contributed by atoms with Gasteiger partial charge in [-0.25, -0.2) is 4.79 Å². The Morgan fingerprint density at radius 3 is 2.18 bits per heavy atom. The summed E-state index contributed by atoms with van der Waals surface area (Å²) in [4.78, 5) is 39.4. The van der Waals surface area contributed by atoms with Crippen LogP contribution in [0.2, 0.25) is 0 Å². The lowest BCUT2D eigenvalue weighted by Gasteiger charge is -2.28. The zero-order valence-corrected chi connectivity index (χ0v) is 21.8. The van der Waals surface area contributed by atoms with Gasteiger partial charge in [0.1, 0.15) is 12.6 Å². The molecule has 1 aliphatic carbocycles. The third-order valence-corrected chi connectivity index (χ3v) is 7.56. The second kappa shape index (κ2) is 11.7. The number of rotatable bonds is 9. The molecule has 8 nitrogen and oxygen atoms in total. The summed E-state index contributed by atoms with van der Waals surface area (Å²) in [6.07, 6.45) is -1.03. The summed E-state index contributed by atoms with van der Waals surface area (Å²) >= 11 is 0. The number of hydrogen-bond donors (Lipinski definition) is 2. The molecule has 8 heteroatoms. The van der Waals surface area contributed by atoms with Crippen molar-refractivity contribution in [3.05, 3.63) is 95.6 Å². The van der Waals surface area contributed by atoms with E-state index in [1.807, 2.05) is 66.7 Å². The van der Waals surface area contributed by atoms with Crippen molar-refractivity contribution in [3.8, 4) is 11.1 Å². The average molecular weight is 529 g/mol. The van der Waals surface area contributed by atoms with Crippen molar-refractivity contribution in [2.24, 2.45) is 5.92 Å². The van der Waals surface area contributed by atoms with Gasteiger partial charge in [-0.3, -0.25) is 9.59 Å². The predicted octanol–water partition coefficient (Wildman–Crippen LogP) is 4.43. The van der Waals surface area contributed by atoms with Crippen LogP contribution in [-0.2, 0) is 25.7 Å². The van der Waals surface area contributed by atoms with Gasteiger partial charge in [0.2, 0.25) is 5.91 Å². The van der Waals surface area contributed by atoms with E-state index in [-0.39, 0.29) is 31.6 Å². The molecule has 3 aromatic rings. The molecule has 202 valence electrons. The van der Waals surface area contributed by atoms with E-state index in [0.717, 1.165) is 27.8 Å². The second-order valence-electron chi connectivity index (χ2n) is 10.1. The Morgan fingerprint density at radius 1 is 0.949 bits per heavy atom. The molecule has 3 aromatic carbocycles. The molecule has 2 amide bonds. The minimum atomic E-state index is -1.03. The van der Waals surface area contributed by atoms with E-state index >= 15 is 0 Å². The van der Waals surface area contributed by atoms with Crippen LogP contribution in [-0.4, -0.2) is 59.8 Å². The van der Waals surface area contributed by atoms with Crippen LogP contribution in [0.15, 0.2) is 78.9 Å². The molecule has 39 heavy (non-hydrogen) atoms. The van der Waals surface area contributed by atoms with Crippen LogP contribution in [0, 0.1) is 5.92 Å². The lowest BCUT2D eigenvalue weighted by atomic mass is 9.98. The maximum absolute atomic E-state index is 13.5. The fourth-order valence-corrected chi connectivity index (χ4v) is 5.40. The van der Waals surface area contributed by atoms with Crippen LogP contribution in [0.4, 0.5) is 4.79 Å². The molecule has 0 bridgehead atoms. The molecule has 2 aliphatic rings. The number of fused-ring (bicyclic) bond motifs is 3. The van der Waals surface area contributed by atoms with Gasteiger partial charge in [-0.15, -0.1) is 0 Å². The van der Waals surface area contributed by atoms with Crippen molar-refractivity contribution >= 4 is 18.0 Å². The maximum atomic E-state index is 13.5. The van der Waals surface area contributed by atoms with E-state index in [1.54, 1.807) is 6.92 Å². The van der Waals surface area contributed by atoms with Crippen LogP contribution in [0.3, 0.4) is 0 Å². The fourth-order valence-electron chi connectivity index (χ4n) is 5.40. The van der Waals surface area contributed by atoms with Gasteiger partial charge in [0, 0.05) is 19.0 Å². The maximum Gasteiger partial charge on any atom is 0.407 e. The number of nitrogens with one attached hydrogen (secondary N) is 1. The third-order valence-electron chi connectivity index (χ3n) is 7.56. The summed E-state index contributed by atoms with van der Waals surface area (Å²) in [7, 11) is 0. The number of aliphatic carboxylic acids is 1. The molecule has 5 rings (SSSR count). The number of nitrogens with zero attached hydrogens (tertiary/aromatic N) is 1. The Kier molecular flexibility index (Phi) is 7.93. The highest BCUT2D eigenvalue weighted by molar-refractivity contribution is 5.87. The molecule has 1 saturated heterocycles. The highest BCUT2D eigenvalue weighted by atomic mass is 16.5. The van der Waals surface area contributed by atoms with E-state index in [0.29, 0.717) is 13.0 Å². The normalized spacial score (nSPS) is 17.7. The summed E-state index contributed by atoms with van der Waals surface area (Å²) in [5.74, 6) is -2.05. The van der Waals surface area contributed by atoms with Gasteiger partial charge in [0.05, 0.1) is 18.6 Å². The Bertz CT molecular complexity index is 1300. The zero-order valence-electron chi connectivity index (χ0n) is 21.8. The van der Waals surface area contributed by atoms with Crippen LogP contribution >= 0.6 is 0 Å². The van der Waals surface area contributed by atoms with Gasteiger partial charge < -0.3 is 24.8 Å². The lowest BCUT2D eigenvalue weighted by molar-refractivity contribution is -0.142. The molecule has 3 atom stereocenters. The summed E-state index contributed by atoms with van der Waals surface area (Å²) in [6.45, 7) is 2.51. The summed E-state index contributed by atoms with van der Waals surface area (Å²) < 4.78 is 11.7. The predicted molar refractivity (Wildman–Crippen MR) is 145 cm³/mol. The topological polar surface area (TPSA) is 105 Å². The Morgan fingerprint density at radius 2 is 1.56 bits per heavy atom. The fraction of sp³-hybridized carbons (Fsp3) is 0.323. The average Bonchev–Trinajstić information content (AvgIpc) is 3.58. The van der Waals surface area contributed by atoms with Gasteiger partial charge in [0.15, 0.2) is 0 Å². The number of carboxylic acids is 1. The number of amides is 2. The van der Waals surface area contributed by atoms with Gasteiger partial charge in [0.25, 0.3) is 0 Å². The molecule has 0 aromatic heterocycles. The Labute approximate surface area is 227 Å². The molecular formula is C31H32N2O6. The van der Waals surface area contributed by atoms with Crippen molar-refractivity contribution in [2.45, 2.75) is 38.0 Å². The minimum absolute atomic E-state index is 0.0996. The molecule has 0 saturated carbocycles. The number of carboxylic acid groups (broad SMARTS) is 1. The molecule has 3 unspecified atom stereocenters.